The molecule has 1 heteroatoms. The Morgan fingerprint density at radius 2 is 1.56 bits per heavy atom. The fourth-order valence-electron chi connectivity index (χ4n) is 1.89. The molecular weight excluding hydrogens is 194 g/mol. The standard InChI is InChI=1S/C15H17N/c1-11-7-9-13(10-8-11)15-6-4-3-5-14(15)12(2)16/h3-10,12H,16H2,1-2H3. The monoisotopic (exact) mass is 211 g/mol. The highest BCUT2D eigenvalue weighted by Gasteiger charge is 2.07. The largest absolute Gasteiger partial charge is 0.324 e. The maximum atomic E-state index is 5.98. The zero-order valence-electron chi connectivity index (χ0n) is 9.77. The number of nitrogens with two attached hydrogens (primary N) is 1. The second-order valence-corrected chi connectivity index (χ2v) is 4.24. The molecule has 0 fully saturated rings. The van der Waals surface area contributed by atoms with Crippen LogP contribution in [0.3, 0.4) is 0 Å². The van der Waals surface area contributed by atoms with E-state index < -0.39 is 0 Å². The minimum Gasteiger partial charge on any atom is -0.324 e. The maximum absolute atomic E-state index is 5.98. The number of benzene rings is 2. The van der Waals surface area contributed by atoms with Gasteiger partial charge in [0.2, 0.25) is 0 Å². The van der Waals surface area contributed by atoms with Crippen LogP contribution in [-0.2, 0) is 0 Å². The SMILES string of the molecule is Cc1ccc(-c2ccccc2C(C)N)cc1. The summed E-state index contributed by atoms with van der Waals surface area (Å²) in [6.45, 7) is 4.12. The zero-order valence-corrected chi connectivity index (χ0v) is 9.77. The quantitative estimate of drug-likeness (QED) is 0.805. The lowest BCUT2D eigenvalue weighted by Gasteiger charge is -2.12. The van der Waals surface area contributed by atoms with Gasteiger partial charge in [0.1, 0.15) is 0 Å². The number of hydrogen-bond donors (Lipinski definition) is 1. The Balaban J connectivity index is 2.51. The van der Waals surface area contributed by atoms with Gasteiger partial charge in [-0.3, -0.25) is 0 Å². The Kier molecular flexibility index (Phi) is 3.07. The van der Waals surface area contributed by atoms with E-state index in [9.17, 15) is 0 Å². The van der Waals surface area contributed by atoms with Crippen molar-refractivity contribution in [2.24, 2.45) is 5.73 Å². The molecule has 82 valence electrons. The fourth-order valence-corrected chi connectivity index (χ4v) is 1.89. The summed E-state index contributed by atoms with van der Waals surface area (Å²) >= 11 is 0. The Bertz CT molecular complexity index is 469. The third-order valence-corrected chi connectivity index (χ3v) is 2.81. The molecule has 16 heavy (non-hydrogen) atoms. The highest BCUT2D eigenvalue weighted by molar-refractivity contribution is 5.68. The van der Waals surface area contributed by atoms with Crippen LogP contribution in [0.25, 0.3) is 11.1 Å². The summed E-state index contributed by atoms with van der Waals surface area (Å²) in [5.74, 6) is 0. The van der Waals surface area contributed by atoms with Crippen molar-refractivity contribution in [3.05, 3.63) is 59.7 Å². The predicted molar refractivity (Wildman–Crippen MR) is 69.2 cm³/mol. The molecule has 2 aromatic carbocycles. The Morgan fingerprint density at radius 3 is 2.19 bits per heavy atom. The van der Waals surface area contributed by atoms with Crippen LogP contribution in [0.5, 0.6) is 0 Å². The smallest absolute Gasteiger partial charge is 0.0272 e. The average molecular weight is 211 g/mol. The lowest BCUT2D eigenvalue weighted by atomic mass is 9.95. The summed E-state index contributed by atoms with van der Waals surface area (Å²) in [6, 6.07) is 17.0. The maximum Gasteiger partial charge on any atom is 0.0272 e. The molecule has 0 saturated heterocycles. The topological polar surface area (TPSA) is 26.0 Å². The Hall–Kier alpha value is -1.60. The van der Waals surface area contributed by atoms with E-state index in [-0.39, 0.29) is 6.04 Å². The molecule has 0 radical (unpaired) electrons. The Labute approximate surface area is 96.9 Å². The number of aryl methyl sites for hydroxylation is 1. The predicted octanol–water partition coefficient (Wildman–Crippen LogP) is 3.68. The van der Waals surface area contributed by atoms with E-state index in [2.05, 4.69) is 49.4 Å². The van der Waals surface area contributed by atoms with Crippen molar-refractivity contribution < 1.29 is 0 Å². The van der Waals surface area contributed by atoms with Gasteiger partial charge in [0.05, 0.1) is 0 Å². The van der Waals surface area contributed by atoms with Crippen molar-refractivity contribution in [3.63, 3.8) is 0 Å². The first-order valence-corrected chi connectivity index (χ1v) is 5.60. The molecule has 2 N–H and O–H groups in total. The first kappa shape index (κ1) is 10.9. The van der Waals surface area contributed by atoms with E-state index in [4.69, 9.17) is 5.73 Å². The molecule has 0 bridgehead atoms. The van der Waals surface area contributed by atoms with E-state index in [1.54, 1.807) is 0 Å². The Morgan fingerprint density at radius 1 is 0.938 bits per heavy atom. The van der Waals surface area contributed by atoms with Crippen molar-refractivity contribution in [1.29, 1.82) is 0 Å². The van der Waals surface area contributed by atoms with Crippen molar-refractivity contribution >= 4 is 0 Å². The molecule has 0 saturated carbocycles. The number of hydrogen-bond acceptors (Lipinski definition) is 1. The minimum absolute atomic E-state index is 0.0671. The molecular formula is C15H17N. The summed E-state index contributed by atoms with van der Waals surface area (Å²) in [6.07, 6.45) is 0. The van der Waals surface area contributed by atoms with Crippen LogP contribution in [0.1, 0.15) is 24.1 Å². The summed E-state index contributed by atoms with van der Waals surface area (Å²) in [7, 11) is 0. The molecule has 0 aliphatic rings. The van der Waals surface area contributed by atoms with E-state index >= 15 is 0 Å². The molecule has 2 aromatic rings. The highest BCUT2D eigenvalue weighted by Crippen LogP contribution is 2.27. The third-order valence-electron chi connectivity index (χ3n) is 2.81. The van der Waals surface area contributed by atoms with Crippen LogP contribution < -0.4 is 5.73 Å². The van der Waals surface area contributed by atoms with Crippen LogP contribution >= 0.6 is 0 Å². The number of rotatable bonds is 2. The molecule has 2 rings (SSSR count). The minimum atomic E-state index is 0.0671. The van der Waals surface area contributed by atoms with Crippen molar-refractivity contribution in [2.45, 2.75) is 19.9 Å². The van der Waals surface area contributed by atoms with Gasteiger partial charge in [0.15, 0.2) is 0 Å². The molecule has 1 nitrogen and oxygen atoms in total. The molecule has 1 atom stereocenters. The van der Waals surface area contributed by atoms with E-state index in [1.165, 1.54) is 22.3 Å². The second kappa shape index (κ2) is 4.50. The molecule has 0 aliphatic carbocycles. The van der Waals surface area contributed by atoms with Crippen LogP contribution in [0.4, 0.5) is 0 Å². The van der Waals surface area contributed by atoms with Gasteiger partial charge in [0.25, 0.3) is 0 Å². The van der Waals surface area contributed by atoms with Crippen LogP contribution in [-0.4, -0.2) is 0 Å². The first-order valence-electron chi connectivity index (χ1n) is 5.60. The molecule has 0 spiro atoms. The van der Waals surface area contributed by atoms with Gasteiger partial charge in [0, 0.05) is 6.04 Å². The fraction of sp³-hybridized carbons (Fsp3) is 0.200. The first-order chi connectivity index (χ1) is 7.68. The van der Waals surface area contributed by atoms with E-state index in [1.807, 2.05) is 13.0 Å². The molecule has 0 heterocycles. The summed E-state index contributed by atoms with van der Waals surface area (Å²) in [4.78, 5) is 0. The van der Waals surface area contributed by atoms with E-state index in [0.717, 1.165) is 0 Å². The van der Waals surface area contributed by atoms with Crippen LogP contribution in [0.15, 0.2) is 48.5 Å². The summed E-state index contributed by atoms with van der Waals surface area (Å²) in [5, 5.41) is 0. The summed E-state index contributed by atoms with van der Waals surface area (Å²) in [5.41, 5.74) is 10.9. The average Bonchev–Trinajstić information content (AvgIpc) is 2.30. The van der Waals surface area contributed by atoms with Gasteiger partial charge in [-0.25, -0.2) is 0 Å². The van der Waals surface area contributed by atoms with Gasteiger partial charge in [-0.05, 0) is 30.5 Å². The zero-order chi connectivity index (χ0) is 11.5. The highest BCUT2D eigenvalue weighted by atomic mass is 14.6. The van der Waals surface area contributed by atoms with Crippen molar-refractivity contribution in [2.75, 3.05) is 0 Å². The van der Waals surface area contributed by atoms with Crippen molar-refractivity contribution in [1.82, 2.24) is 0 Å². The lowest BCUT2D eigenvalue weighted by molar-refractivity contribution is 0.820. The summed E-state index contributed by atoms with van der Waals surface area (Å²) < 4.78 is 0. The molecule has 1 unspecified atom stereocenters. The third kappa shape index (κ3) is 2.15. The normalized spacial score (nSPS) is 12.4. The second-order valence-electron chi connectivity index (χ2n) is 4.24. The molecule has 0 amide bonds. The molecule has 0 aliphatic heterocycles. The van der Waals surface area contributed by atoms with Gasteiger partial charge >= 0.3 is 0 Å². The van der Waals surface area contributed by atoms with Gasteiger partial charge in [-0.15, -0.1) is 0 Å². The molecule has 0 aromatic heterocycles. The lowest BCUT2D eigenvalue weighted by Crippen LogP contribution is -2.06. The van der Waals surface area contributed by atoms with Crippen molar-refractivity contribution in [3.8, 4) is 11.1 Å². The van der Waals surface area contributed by atoms with Crippen LogP contribution in [0, 0.1) is 6.92 Å². The van der Waals surface area contributed by atoms with E-state index in [0.29, 0.717) is 0 Å². The van der Waals surface area contributed by atoms with Gasteiger partial charge in [-0.1, -0.05) is 54.1 Å². The van der Waals surface area contributed by atoms with Crippen LogP contribution in [0.2, 0.25) is 0 Å². The van der Waals surface area contributed by atoms with Gasteiger partial charge < -0.3 is 5.73 Å². The van der Waals surface area contributed by atoms with Gasteiger partial charge in [-0.2, -0.15) is 0 Å².